The number of aryl methyl sites for hydroxylation is 1. The van der Waals surface area contributed by atoms with Gasteiger partial charge in [-0.2, -0.15) is 0 Å². The molecule has 0 aromatic carbocycles. The van der Waals surface area contributed by atoms with Gasteiger partial charge in [0.1, 0.15) is 0 Å². The highest BCUT2D eigenvalue weighted by atomic mass is 127. The summed E-state index contributed by atoms with van der Waals surface area (Å²) >= 11 is 2.34. The lowest BCUT2D eigenvalue weighted by molar-refractivity contribution is 0.393. The summed E-state index contributed by atoms with van der Waals surface area (Å²) in [6.07, 6.45) is 2.77. The van der Waals surface area contributed by atoms with E-state index in [1.54, 1.807) is 13.3 Å². The molecule has 2 nitrogen and oxygen atoms in total. The Balaban J connectivity index is 2.83. The van der Waals surface area contributed by atoms with E-state index in [0.29, 0.717) is 0 Å². The summed E-state index contributed by atoms with van der Waals surface area (Å²) in [6.45, 7) is 0. The minimum absolute atomic E-state index is 0.754. The van der Waals surface area contributed by atoms with E-state index in [1.165, 1.54) is 5.56 Å². The molecule has 1 heterocycles. The van der Waals surface area contributed by atoms with Crippen molar-refractivity contribution in [3.05, 3.63) is 23.9 Å². The first-order valence-corrected chi connectivity index (χ1v) is 4.95. The minimum Gasteiger partial charge on any atom is -0.481 e. The number of ether oxygens (including phenoxy) is 1. The molecular weight excluding hydrogens is 253 g/mol. The number of alkyl halides is 1. The number of methoxy groups -OCH3 is 1. The van der Waals surface area contributed by atoms with E-state index >= 15 is 0 Å². The fraction of sp³-hybridized carbons (Fsp3) is 0.375. The van der Waals surface area contributed by atoms with Crippen LogP contribution in [0.4, 0.5) is 0 Å². The Kier molecular flexibility index (Phi) is 3.62. The quantitative estimate of drug-likeness (QED) is 0.615. The molecule has 0 atom stereocenters. The maximum atomic E-state index is 5.08. The van der Waals surface area contributed by atoms with Crippen LogP contribution in [-0.2, 0) is 6.42 Å². The van der Waals surface area contributed by atoms with Crippen LogP contribution < -0.4 is 4.74 Å². The van der Waals surface area contributed by atoms with Crippen molar-refractivity contribution >= 4 is 22.6 Å². The Labute approximate surface area is 80.1 Å². The van der Waals surface area contributed by atoms with Crippen molar-refractivity contribution in [3.8, 4) is 5.88 Å². The van der Waals surface area contributed by atoms with Gasteiger partial charge in [0.05, 0.1) is 7.11 Å². The third-order valence-electron chi connectivity index (χ3n) is 1.41. The Bertz CT molecular complexity index is 227. The van der Waals surface area contributed by atoms with Crippen LogP contribution in [0.1, 0.15) is 5.56 Å². The summed E-state index contributed by atoms with van der Waals surface area (Å²) in [6, 6.07) is 3.98. The van der Waals surface area contributed by atoms with Crippen molar-refractivity contribution in [1.29, 1.82) is 0 Å². The van der Waals surface area contributed by atoms with Gasteiger partial charge in [0.15, 0.2) is 0 Å². The molecule has 0 saturated carbocycles. The zero-order valence-corrected chi connectivity index (χ0v) is 8.54. The SMILES string of the molecule is COc1ncccc1CCI. The highest BCUT2D eigenvalue weighted by molar-refractivity contribution is 14.1. The van der Waals surface area contributed by atoms with Crippen molar-refractivity contribution in [3.63, 3.8) is 0 Å². The van der Waals surface area contributed by atoms with Crippen molar-refractivity contribution in [2.75, 3.05) is 11.5 Å². The van der Waals surface area contributed by atoms with Crippen LogP contribution in [0, 0.1) is 0 Å². The van der Waals surface area contributed by atoms with Crippen LogP contribution in [0.25, 0.3) is 0 Å². The highest BCUT2D eigenvalue weighted by Gasteiger charge is 2.00. The lowest BCUT2D eigenvalue weighted by atomic mass is 10.2. The van der Waals surface area contributed by atoms with Gasteiger partial charge in [-0.25, -0.2) is 4.98 Å². The van der Waals surface area contributed by atoms with Gasteiger partial charge in [-0.05, 0) is 12.5 Å². The summed E-state index contributed by atoms with van der Waals surface area (Å²) in [5.41, 5.74) is 1.18. The van der Waals surface area contributed by atoms with Crippen LogP contribution in [-0.4, -0.2) is 16.5 Å². The van der Waals surface area contributed by atoms with Crippen LogP contribution in [0.2, 0.25) is 0 Å². The van der Waals surface area contributed by atoms with Gasteiger partial charge >= 0.3 is 0 Å². The summed E-state index contributed by atoms with van der Waals surface area (Å²) < 4.78 is 6.18. The third kappa shape index (κ3) is 2.32. The van der Waals surface area contributed by atoms with Gasteiger partial charge in [-0.15, -0.1) is 0 Å². The molecule has 1 aromatic heterocycles. The zero-order chi connectivity index (χ0) is 8.10. The Morgan fingerprint density at radius 2 is 2.45 bits per heavy atom. The molecule has 1 rings (SSSR count). The summed E-state index contributed by atoms with van der Waals surface area (Å²) in [5.74, 6) is 0.754. The Morgan fingerprint density at radius 3 is 3.09 bits per heavy atom. The molecule has 0 spiro atoms. The number of pyridine rings is 1. The fourth-order valence-electron chi connectivity index (χ4n) is 0.900. The summed E-state index contributed by atoms with van der Waals surface area (Å²) in [5, 5.41) is 0. The second-order valence-electron chi connectivity index (χ2n) is 2.11. The van der Waals surface area contributed by atoms with Crippen LogP contribution >= 0.6 is 22.6 Å². The number of nitrogens with zero attached hydrogens (tertiary/aromatic N) is 1. The normalized spacial score (nSPS) is 9.64. The molecule has 0 N–H and O–H groups in total. The van der Waals surface area contributed by atoms with Crippen LogP contribution in [0.5, 0.6) is 5.88 Å². The second kappa shape index (κ2) is 4.54. The molecule has 3 heteroatoms. The Morgan fingerprint density at radius 1 is 1.64 bits per heavy atom. The van der Waals surface area contributed by atoms with Gasteiger partial charge in [0, 0.05) is 16.2 Å². The Hall–Kier alpha value is -0.320. The van der Waals surface area contributed by atoms with Crippen molar-refractivity contribution in [2.24, 2.45) is 0 Å². The molecule has 0 aliphatic carbocycles. The smallest absolute Gasteiger partial charge is 0.216 e. The fourth-order valence-corrected chi connectivity index (χ4v) is 1.48. The van der Waals surface area contributed by atoms with E-state index in [-0.39, 0.29) is 0 Å². The third-order valence-corrected chi connectivity index (χ3v) is 1.95. The molecule has 0 bridgehead atoms. The van der Waals surface area contributed by atoms with Crippen molar-refractivity contribution in [1.82, 2.24) is 4.98 Å². The second-order valence-corrected chi connectivity index (χ2v) is 3.19. The van der Waals surface area contributed by atoms with E-state index in [2.05, 4.69) is 27.6 Å². The van der Waals surface area contributed by atoms with E-state index in [4.69, 9.17) is 4.74 Å². The van der Waals surface area contributed by atoms with Crippen LogP contribution in [0.3, 0.4) is 0 Å². The lowest BCUT2D eigenvalue weighted by Gasteiger charge is -2.03. The average Bonchev–Trinajstić information content (AvgIpc) is 2.06. The van der Waals surface area contributed by atoms with E-state index < -0.39 is 0 Å². The zero-order valence-electron chi connectivity index (χ0n) is 6.38. The average molecular weight is 263 g/mol. The molecule has 11 heavy (non-hydrogen) atoms. The number of hydrogen-bond acceptors (Lipinski definition) is 2. The predicted octanol–water partition coefficient (Wildman–Crippen LogP) is 2.07. The standard InChI is InChI=1S/C8H10INO/c1-11-8-7(4-5-9)3-2-6-10-8/h2-3,6H,4-5H2,1H3. The first-order chi connectivity index (χ1) is 5.38. The van der Waals surface area contributed by atoms with Crippen molar-refractivity contribution < 1.29 is 4.74 Å². The number of halogens is 1. The topological polar surface area (TPSA) is 22.1 Å². The number of hydrogen-bond donors (Lipinski definition) is 0. The van der Waals surface area contributed by atoms with Gasteiger partial charge in [-0.3, -0.25) is 0 Å². The maximum Gasteiger partial charge on any atom is 0.216 e. The highest BCUT2D eigenvalue weighted by Crippen LogP contribution is 2.14. The van der Waals surface area contributed by atoms with E-state index in [1.807, 2.05) is 12.1 Å². The summed E-state index contributed by atoms with van der Waals surface area (Å²) in [7, 11) is 1.65. The maximum absolute atomic E-state index is 5.08. The molecule has 1 aromatic rings. The summed E-state index contributed by atoms with van der Waals surface area (Å²) in [4.78, 5) is 4.09. The van der Waals surface area contributed by atoms with Gasteiger partial charge in [-0.1, -0.05) is 28.7 Å². The van der Waals surface area contributed by atoms with E-state index in [9.17, 15) is 0 Å². The molecule has 0 fully saturated rings. The van der Waals surface area contributed by atoms with Gasteiger partial charge in [0.2, 0.25) is 5.88 Å². The molecule has 60 valence electrons. The number of rotatable bonds is 3. The first-order valence-electron chi connectivity index (χ1n) is 3.42. The van der Waals surface area contributed by atoms with Crippen LogP contribution in [0.15, 0.2) is 18.3 Å². The molecule has 0 amide bonds. The van der Waals surface area contributed by atoms with E-state index in [0.717, 1.165) is 16.7 Å². The number of aromatic nitrogens is 1. The molecule has 0 aliphatic rings. The molecule has 0 aliphatic heterocycles. The molecule has 0 unspecified atom stereocenters. The lowest BCUT2D eigenvalue weighted by Crippen LogP contribution is -1.94. The monoisotopic (exact) mass is 263 g/mol. The van der Waals surface area contributed by atoms with Gasteiger partial charge < -0.3 is 4.74 Å². The molecular formula is C8H10INO. The predicted molar refractivity (Wildman–Crippen MR) is 53.4 cm³/mol. The largest absolute Gasteiger partial charge is 0.481 e. The molecule has 0 saturated heterocycles. The molecule has 0 radical (unpaired) electrons. The first kappa shape index (κ1) is 8.77. The van der Waals surface area contributed by atoms with Crippen molar-refractivity contribution in [2.45, 2.75) is 6.42 Å². The minimum atomic E-state index is 0.754. The van der Waals surface area contributed by atoms with Gasteiger partial charge in [0.25, 0.3) is 0 Å².